The molecule has 0 bridgehead atoms. The predicted molar refractivity (Wildman–Crippen MR) is 103 cm³/mol. The van der Waals surface area contributed by atoms with Crippen LogP contribution in [0.4, 0.5) is 0 Å². The number of hydrogen-bond donors (Lipinski definition) is 1. The molecule has 4 rings (SSSR count). The molecule has 4 atom stereocenters. The zero-order valence-corrected chi connectivity index (χ0v) is 17.6. The van der Waals surface area contributed by atoms with Crippen molar-refractivity contribution < 1.29 is 19.3 Å². The lowest BCUT2D eigenvalue weighted by atomic mass is 10.2. The number of fused-ring (bicyclic) bond motifs is 2. The van der Waals surface area contributed by atoms with Gasteiger partial charge in [0.05, 0.1) is 25.4 Å². The standard InChI is InChI=1S/C17H24ClN5O4S/c1-4-7-28-16-19-14(18)11-15(20-16)23(22-21-11)9-8-10(25-6-5-24)13-12(9)26-17(2,3)27-13/h9-10,12-13,24H,4-8H2,1-3H3/t9-,10+,12+,13-/m0/s1. The smallest absolute Gasteiger partial charge is 0.191 e. The zero-order valence-electron chi connectivity index (χ0n) is 16.0. The SMILES string of the molecule is CCCSc1nc(Cl)c2nnn([C@H]3C[C@@H](OCCO)[C@@H]4OC(C)(C)O[C@@H]43)c2n1. The van der Waals surface area contributed by atoms with E-state index in [1.165, 1.54) is 0 Å². The number of aliphatic hydroxyl groups excluding tert-OH is 1. The second kappa shape index (κ2) is 8.00. The Morgan fingerprint density at radius 2 is 2.11 bits per heavy atom. The largest absolute Gasteiger partial charge is 0.394 e. The highest BCUT2D eigenvalue weighted by molar-refractivity contribution is 7.99. The van der Waals surface area contributed by atoms with Gasteiger partial charge in [-0.15, -0.1) is 5.10 Å². The third kappa shape index (κ3) is 3.73. The number of thioether (sulfide) groups is 1. The summed E-state index contributed by atoms with van der Waals surface area (Å²) >= 11 is 7.88. The normalized spacial score (nSPS) is 28.9. The Hall–Kier alpha value is -1.04. The maximum absolute atomic E-state index is 9.13. The molecule has 0 amide bonds. The molecule has 2 fully saturated rings. The molecule has 1 saturated carbocycles. The summed E-state index contributed by atoms with van der Waals surface area (Å²) in [6, 6.07) is -0.171. The maximum Gasteiger partial charge on any atom is 0.191 e. The molecule has 11 heteroatoms. The summed E-state index contributed by atoms with van der Waals surface area (Å²) in [5.41, 5.74) is 1.05. The van der Waals surface area contributed by atoms with Gasteiger partial charge < -0.3 is 19.3 Å². The first-order valence-electron chi connectivity index (χ1n) is 9.43. The fraction of sp³-hybridized carbons (Fsp3) is 0.765. The monoisotopic (exact) mass is 429 g/mol. The first-order chi connectivity index (χ1) is 13.4. The lowest BCUT2D eigenvalue weighted by Crippen LogP contribution is -2.31. The summed E-state index contributed by atoms with van der Waals surface area (Å²) in [5.74, 6) is 0.180. The minimum Gasteiger partial charge on any atom is -0.394 e. The highest BCUT2D eigenvalue weighted by Gasteiger charge is 2.56. The number of aliphatic hydroxyl groups is 1. The minimum absolute atomic E-state index is 0.0457. The van der Waals surface area contributed by atoms with E-state index in [4.69, 9.17) is 30.9 Å². The molecule has 0 aromatic carbocycles. The Morgan fingerprint density at radius 3 is 2.86 bits per heavy atom. The zero-order chi connectivity index (χ0) is 19.9. The molecule has 2 aliphatic rings. The van der Waals surface area contributed by atoms with Crippen LogP contribution in [0.2, 0.25) is 5.15 Å². The third-order valence-corrected chi connectivity index (χ3v) is 6.13. The van der Waals surface area contributed by atoms with Gasteiger partial charge in [-0.25, -0.2) is 14.6 Å². The van der Waals surface area contributed by atoms with Crippen LogP contribution in [-0.2, 0) is 14.2 Å². The molecule has 1 N–H and O–H groups in total. The van der Waals surface area contributed by atoms with Gasteiger partial charge in [0.2, 0.25) is 0 Å². The van der Waals surface area contributed by atoms with Gasteiger partial charge in [0, 0.05) is 12.2 Å². The van der Waals surface area contributed by atoms with Crippen LogP contribution in [0.3, 0.4) is 0 Å². The van der Waals surface area contributed by atoms with Crippen LogP contribution in [0.1, 0.15) is 39.7 Å². The van der Waals surface area contributed by atoms with E-state index in [-0.39, 0.29) is 37.6 Å². The number of nitrogens with zero attached hydrogens (tertiary/aromatic N) is 5. The van der Waals surface area contributed by atoms with Gasteiger partial charge in [0.25, 0.3) is 0 Å². The van der Waals surface area contributed by atoms with Crippen molar-refractivity contribution in [3.8, 4) is 0 Å². The first kappa shape index (κ1) is 20.2. The second-order valence-electron chi connectivity index (χ2n) is 7.35. The highest BCUT2D eigenvalue weighted by atomic mass is 35.5. The number of hydrogen-bond acceptors (Lipinski definition) is 9. The number of aromatic nitrogens is 5. The summed E-state index contributed by atoms with van der Waals surface area (Å²) < 4.78 is 19.8. The van der Waals surface area contributed by atoms with E-state index in [1.807, 2.05) is 13.8 Å². The first-order valence-corrected chi connectivity index (χ1v) is 10.8. The van der Waals surface area contributed by atoms with Gasteiger partial charge in [0.1, 0.15) is 12.2 Å². The Balaban J connectivity index is 1.69. The summed E-state index contributed by atoms with van der Waals surface area (Å²) in [5, 5.41) is 18.5. The molecule has 0 radical (unpaired) electrons. The highest BCUT2D eigenvalue weighted by Crippen LogP contribution is 2.45. The molecular weight excluding hydrogens is 406 g/mol. The Morgan fingerprint density at radius 1 is 1.32 bits per heavy atom. The Kier molecular flexibility index (Phi) is 5.78. The van der Waals surface area contributed by atoms with E-state index in [2.05, 4.69) is 27.2 Å². The van der Waals surface area contributed by atoms with Crippen LogP contribution in [0, 0.1) is 0 Å². The van der Waals surface area contributed by atoms with Gasteiger partial charge in [-0.2, -0.15) is 0 Å². The molecule has 9 nitrogen and oxygen atoms in total. The predicted octanol–water partition coefficient (Wildman–Crippen LogP) is 2.22. The molecule has 0 spiro atoms. The van der Waals surface area contributed by atoms with Crippen LogP contribution in [0.15, 0.2) is 5.16 Å². The van der Waals surface area contributed by atoms with Crippen LogP contribution >= 0.6 is 23.4 Å². The summed E-state index contributed by atoms with van der Waals surface area (Å²) in [6.07, 6.45) is 0.899. The van der Waals surface area contributed by atoms with Crippen LogP contribution < -0.4 is 0 Å². The topological polar surface area (TPSA) is 104 Å². The fourth-order valence-corrected chi connectivity index (χ4v) is 4.72. The molecule has 1 saturated heterocycles. The number of ether oxygens (including phenoxy) is 3. The molecule has 28 heavy (non-hydrogen) atoms. The van der Waals surface area contributed by atoms with Gasteiger partial charge in [-0.05, 0) is 20.3 Å². The van der Waals surface area contributed by atoms with Crippen molar-refractivity contribution in [3.05, 3.63) is 5.15 Å². The lowest BCUT2D eigenvalue weighted by Gasteiger charge is -2.23. The van der Waals surface area contributed by atoms with E-state index in [1.54, 1.807) is 16.4 Å². The third-order valence-electron chi connectivity index (χ3n) is 4.82. The van der Waals surface area contributed by atoms with E-state index in [9.17, 15) is 0 Å². The van der Waals surface area contributed by atoms with Gasteiger partial charge >= 0.3 is 0 Å². The number of halogens is 1. The minimum atomic E-state index is -0.722. The van der Waals surface area contributed by atoms with Crippen molar-refractivity contribution in [2.24, 2.45) is 0 Å². The Labute approximate surface area is 172 Å². The van der Waals surface area contributed by atoms with Crippen molar-refractivity contribution in [2.75, 3.05) is 19.0 Å². The van der Waals surface area contributed by atoms with Crippen molar-refractivity contribution in [1.29, 1.82) is 0 Å². The molecule has 2 aromatic rings. The van der Waals surface area contributed by atoms with Crippen molar-refractivity contribution in [3.63, 3.8) is 0 Å². The van der Waals surface area contributed by atoms with Crippen LogP contribution in [0.25, 0.3) is 11.2 Å². The average molecular weight is 430 g/mol. The molecule has 1 aliphatic heterocycles. The van der Waals surface area contributed by atoms with E-state index >= 15 is 0 Å². The maximum atomic E-state index is 9.13. The average Bonchev–Trinajstić information content (AvgIpc) is 3.29. The van der Waals surface area contributed by atoms with Crippen molar-refractivity contribution >= 4 is 34.5 Å². The lowest BCUT2D eigenvalue weighted by molar-refractivity contribution is -0.171. The van der Waals surface area contributed by atoms with Crippen LogP contribution in [-0.4, -0.2) is 73.1 Å². The summed E-state index contributed by atoms with van der Waals surface area (Å²) in [4.78, 5) is 8.96. The molecule has 2 aromatic heterocycles. The van der Waals surface area contributed by atoms with Gasteiger partial charge in [-0.1, -0.05) is 35.5 Å². The van der Waals surface area contributed by atoms with Crippen molar-refractivity contribution in [1.82, 2.24) is 25.0 Å². The molecule has 154 valence electrons. The molecule has 0 unspecified atom stereocenters. The molecule has 3 heterocycles. The quantitative estimate of drug-likeness (QED) is 0.403. The molecule has 1 aliphatic carbocycles. The Bertz CT molecular complexity index is 850. The fourth-order valence-electron chi connectivity index (χ4n) is 3.77. The summed E-state index contributed by atoms with van der Waals surface area (Å²) in [7, 11) is 0. The van der Waals surface area contributed by atoms with E-state index < -0.39 is 5.79 Å². The second-order valence-corrected chi connectivity index (χ2v) is 8.77. The van der Waals surface area contributed by atoms with Gasteiger partial charge in [-0.3, -0.25) is 0 Å². The van der Waals surface area contributed by atoms with Crippen molar-refractivity contribution in [2.45, 2.75) is 68.9 Å². The number of rotatable bonds is 7. The van der Waals surface area contributed by atoms with Crippen LogP contribution in [0.5, 0.6) is 0 Å². The van der Waals surface area contributed by atoms with E-state index in [0.29, 0.717) is 27.9 Å². The summed E-state index contributed by atoms with van der Waals surface area (Å²) in [6.45, 7) is 6.06. The molecular formula is C17H24ClN5O4S. The van der Waals surface area contributed by atoms with Gasteiger partial charge in [0.15, 0.2) is 27.3 Å². The van der Waals surface area contributed by atoms with E-state index in [0.717, 1.165) is 12.2 Å².